The van der Waals surface area contributed by atoms with E-state index in [4.69, 9.17) is 16.7 Å². The molecule has 0 fully saturated rings. The molecule has 3 heteroatoms. The van der Waals surface area contributed by atoms with Gasteiger partial charge in [-0.05, 0) is 54.4 Å². The predicted octanol–water partition coefficient (Wildman–Crippen LogP) is 4.10. The molecule has 0 saturated carbocycles. The van der Waals surface area contributed by atoms with Gasteiger partial charge in [0.15, 0.2) is 0 Å². The maximum absolute atomic E-state index is 9.15. The molecule has 0 spiro atoms. The van der Waals surface area contributed by atoms with E-state index in [0.717, 1.165) is 16.8 Å². The topological polar surface area (TPSA) is 32.6 Å². The Bertz CT molecular complexity index is 547. The van der Waals surface area contributed by atoms with Crippen LogP contribution in [0.2, 0.25) is 5.02 Å². The second-order valence-corrected chi connectivity index (χ2v) is 4.19. The van der Waals surface area contributed by atoms with E-state index in [2.05, 4.69) is 4.99 Å². The van der Waals surface area contributed by atoms with Gasteiger partial charge in [-0.3, -0.25) is 4.99 Å². The molecule has 2 aromatic rings. The Hall–Kier alpha value is -1.80. The molecule has 0 unspecified atom stereocenters. The molecule has 0 aromatic heterocycles. The summed E-state index contributed by atoms with van der Waals surface area (Å²) in [6.07, 6.45) is 1.74. The van der Waals surface area contributed by atoms with Crippen LogP contribution in [0, 0.1) is 6.92 Å². The van der Waals surface area contributed by atoms with E-state index in [1.807, 2.05) is 25.1 Å². The van der Waals surface area contributed by atoms with Crippen molar-refractivity contribution in [2.75, 3.05) is 0 Å². The number of halogens is 1. The van der Waals surface area contributed by atoms with Gasteiger partial charge in [-0.25, -0.2) is 0 Å². The van der Waals surface area contributed by atoms with Crippen LogP contribution < -0.4 is 0 Å². The molecule has 0 atom stereocenters. The van der Waals surface area contributed by atoms with Crippen LogP contribution in [0.15, 0.2) is 47.5 Å². The summed E-state index contributed by atoms with van der Waals surface area (Å²) >= 11 is 6.01. The molecule has 17 heavy (non-hydrogen) atoms. The predicted molar refractivity (Wildman–Crippen MR) is 71.5 cm³/mol. The van der Waals surface area contributed by atoms with Gasteiger partial charge in [0.25, 0.3) is 0 Å². The van der Waals surface area contributed by atoms with Crippen LogP contribution in [0.1, 0.15) is 11.1 Å². The lowest BCUT2D eigenvalue weighted by molar-refractivity contribution is 0.475. The van der Waals surface area contributed by atoms with Crippen molar-refractivity contribution in [3.63, 3.8) is 0 Å². The first-order chi connectivity index (χ1) is 8.15. The fraction of sp³-hybridized carbons (Fsp3) is 0.0714. The van der Waals surface area contributed by atoms with Gasteiger partial charge < -0.3 is 5.11 Å². The van der Waals surface area contributed by atoms with Gasteiger partial charge in [-0.1, -0.05) is 17.7 Å². The Morgan fingerprint density at radius 1 is 1.12 bits per heavy atom. The Morgan fingerprint density at radius 3 is 2.47 bits per heavy atom. The minimum atomic E-state index is 0.250. The molecule has 0 bridgehead atoms. The maximum Gasteiger partial charge on any atom is 0.115 e. The number of nitrogens with zero attached hydrogens (tertiary/aromatic N) is 1. The Balaban J connectivity index is 2.20. The first-order valence-electron chi connectivity index (χ1n) is 5.24. The van der Waals surface area contributed by atoms with Crippen LogP contribution >= 0.6 is 11.6 Å². The van der Waals surface area contributed by atoms with Crippen LogP contribution in [0.5, 0.6) is 5.75 Å². The summed E-state index contributed by atoms with van der Waals surface area (Å²) in [4.78, 5) is 4.32. The average molecular weight is 246 g/mol. The van der Waals surface area contributed by atoms with Crippen molar-refractivity contribution in [3.8, 4) is 5.75 Å². The molecule has 2 rings (SSSR count). The van der Waals surface area contributed by atoms with Crippen molar-refractivity contribution in [1.82, 2.24) is 0 Å². The Kier molecular flexibility index (Phi) is 3.45. The van der Waals surface area contributed by atoms with E-state index in [-0.39, 0.29) is 5.75 Å². The van der Waals surface area contributed by atoms with E-state index < -0.39 is 0 Å². The molecule has 2 aromatic carbocycles. The standard InChI is InChI=1S/C14H12ClNO/c1-10-2-5-12(8-14(10)15)16-9-11-3-6-13(17)7-4-11/h2-9,17H,1H3. The molecule has 0 amide bonds. The fourth-order valence-electron chi connectivity index (χ4n) is 1.37. The summed E-state index contributed by atoms with van der Waals surface area (Å²) in [5.74, 6) is 0.250. The minimum Gasteiger partial charge on any atom is -0.508 e. The van der Waals surface area contributed by atoms with Crippen molar-refractivity contribution in [2.45, 2.75) is 6.92 Å². The van der Waals surface area contributed by atoms with Crippen LogP contribution in [-0.2, 0) is 0 Å². The zero-order chi connectivity index (χ0) is 12.3. The first-order valence-corrected chi connectivity index (χ1v) is 5.62. The van der Waals surface area contributed by atoms with Crippen LogP contribution in [-0.4, -0.2) is 11.3 Å². The number of aliphatic imine (C=N–C) groups is 1. The van der Waals surface area contributed by atoms with E-state index in [9.17, 15) is 0 Å². The number of benzene rings is 2. The maximum atomic E-state index is 9.15. The number of hydrogen-bond acceptors (Lipinski definition) is 2. The number of rotatable bonds is 2. The van der Waals surface area contributed by atoms with Gasteiger partial charge in [-0.15, -0.1) is 0 Å². The van der Waals surface area contributed by atoms with Crippen molar-refractivity contribution >= 4 is 23.5 Å². The average Bonchev–Trinajstić information content (AvgIpc) is 2.33. The summed E-state index contributed by atoms with van der Waals surface area (Å²) in [6, 6.07) is 12.5. The SMILES string of the molecule is Cc1ccc(N=Cc2ccc(O)cc2)cc1Cl. The Labute approximate surface area is 105 Å². The van der Waals surface area contributed by atoms with Gasteiger partial charge in [0, 0.05) is 11.2 Å². The van der Waals surface area contributed by atoms with Gasteiger partial charge in [0.2, 0.25) is 0 Å². The van der Waals surface area contributed by atoms with Gasteiger partial charge in [-0.2, -0.15) is 0 Å². The number of phenols is 1. The molecular weight excluding hydrogens is 234 g/mol. The molecular formula is C14H12ClNO. The number of aromatic hydroxyl groups is 1. The largest absolute Gasteiger partial charge is 0.508 e. The number of hydrogen-bond donors (Lipinski definition) is 1. The molecule has 0 aliphatic rings. The molecule has 0 aliphatic carbocycles. The third kappa shape index (κ3) is 3.08. The molecule has 0 radical (unpaired) electrons. The zero-order valence-corrected chi connectivity index (χ0v) is 10.1. The second kappa shape index (κ2) is 5.02. The first kappa shape index (κ1) is 11.7. The van der Waals surface area contributed by atoms with Gasteiger partial charge >= 0.3 is 0 Å². The van der Waals surface area contributed by atoms with Gasteiger partial charge in [0.1, 0.15) is 5.75 Å². The van der Waals surface area contributed by atoms with Crippen molar-refractivity contribution < 1.29 is 5.11 Å². The highest BCUT2D eigenvalue weighted by atomic mass is 35.5. The molecule has 2 nitrogen and oxygen atoms in total. The normalized spacial score (nSPS) is 10.9. The van der Waals surface area contributed by atoms with Crippen molar-refractivity contribution in [1.29, 1.82) is 0 Å². The van der Waals surface area contributed by atoms with E-state index in [1.165, 1.54) is 0 Å². The highest BCUT2D eigenvalue weighted by Gasteiger charge is 1.95. The van der Waals surface area contributed by atoms with E-state index in [1.54, 1.807) is 30.5 Å². The lowest BCUT2D eigenvalue weighted by Gasteiger charge is -1.99. The molecule has 0 saturated heterocycles. The fourth-order valence-corrected chi connectivity index (χ4v) is 1.55. The summed E-state index contributed by atoms with van der Waals surface area (Å²) in [6.45, 7) is 1.95. The molecule has 1 N–H and O–H groups in total. The number of aryl methyl sites for hydroxylation is 1. The van der Waals surface area contributed by atoms with E-state index in [0.29, 0.717) is 5.02 Å². The van der Waals surface area contributed by atoms with Gasteiger partial charge in [0.05, 0.1) is 5.69 Å². The van der Waals surface area contributed by atoms with Crippen molar-refractivity contribution in [2.24, 2.45) is 4.99 Å². The minimum absolute atomic E-state index is 0.250. The smallest absolute Gasteiger partial charge is 0.115 e. The summed E-state index contributed by atoms with van der Waals surface area (Å²) in [5.41, 5.74) is 2.78. The number of phenolic OH excluding ortho intramolecular Hbond substituents is 1. The Morgan fingerprint density at radius 2 is 1.82 bits per heavy atom. The summed E-state index contributed by atoms with van der Waals surface area (Å²) in [7, 11) is 0. The van der Waals surface area contributed by atoms with E-state index >= 15 is 0 Å². The molecule has 0 heterocycles. The van der Waals surface area contributed by atoms with Crippen molar-refractivity contribution in [3.05, 3.63) is 58.6 Å². The zero-order valence-electron chi connectivity index (χ0n) is 9.39. The summed E-state index contributed by atoms with van der Waals surface area (Å²) in [5, 5.41) is 9.86. The third-order valence-electron chi connectivity index (χ3n) is 2.41. The molecule has 0 aliphatic heterocycles. The quantitative estimate of drug-likeness (QED) is 0.794. The summed E-state index contributed by atoms with van der Waals surface area (Å²) < 4.78 is 0. The lowest BCUT2D eigenvalue weighted by Crippen LogP contribution is -1.79. The molecule has 86 valence electrons. The highest BCUT2D eigenvalue weighted by Crippen LogP contribution is 2.22. The highest BCUT2D eigenvalue weighted by molar-refractivity contribution is 6.31. The third-order valence-corrected chi connectivity index (χ3v) is 2.82. The van der Waals surface area contributed by atoms with Crippen LogP contribution in [0.4, 0.5) is 5.69 Å². The second-order valence-electron chi connectivity index (χ2n) is 3.78. The van der Waals surface area contributed by atoms with Crippen LogP contribution in [0.25, 0.3) is 0 Å². The monoisotopic (exact) mass is 245 g/mol. The van der Waals surface area contributed by atoms with Crippen LogP contribution in [0.3, 0.4) is 0 Å². The lowest BCUT2D eigenvalue weighted by atomic mass is 10.2.